The molecule has 1 aliphatic carbocycles. The summed E-state index contributed by atoms with van der Waals surface area (Å²) in [6.45, 7) is 5.47. The van der Waals surface area contributed by atoms with Crippen LogP contribution in [0.2, 0.25) is 0 Å². The number of likely N-dealkylation sites (tertiary alicyclic amines) is 1. The van der Waals surface area contributed by atoms with Crippen LogP contribution in [0, 0.1) is 17.8 Å². The molecule has 1 N–H and O–H groups in total. The van der Waals surface area contributed by atoms with E-state index in [0.29, 0.717) is 30.8 Å². The topological polar surface area (TPSA) is 67.3 Å². The Morgan fingerprint density at radius 2 is 2.03 bits per heavy atom. The molecule has 158 valence electrons. The molecule has 5 rings (SSSR count). The molecule has 3 aliphatic rings. The fourth-order valence-corrected chi connectivity index (χ4v) is 6.24. The number of esters is 1. The van der Waals surface area contributed by atoms with Crippen molar-refractivity contribution in [2.75, 3.05) is 25.0 Å². The number of hydrogen-bond acceptors (Lipinski definition) is 7. The van der Waals surface area contributed by atoms with Gasteiger partial charge in [0.25, 0.3) is 0 Å². The minimum absolute atomic E-state index is 0.0190. The molecular weight excluding hydrogens is 396 g/mol. The lowest BCUT2D eigenvalue weighted by atomic mass is 9.67. The molecule has 2 aliphatic heterocycles. The van der Waals surface area contributed by atoms with Crippen molar-refractivity contribution in [2.24, 2.45) is 17.8 Å². The quantitative estimate of drug-likeness (QED) is 0.606. The van der Waals surface area contributed by atoms with Crippen LogP contribution >= 0.6 is 11.8 Å². The molecule has 0 radical (unpaired) electrons. The number of rotatable bonds is 5. The van der Waals surface area contributed by atoms with Gasteiger partial charge in [-0.1, -0.05) is 24.2 Å². The third-order valence-electron chi connectivity index (χ3n) is 6.63. The van der Waals surface area contributed by atoms with E-state index in [4.69, 9.17) is 4.74 Å². The number of hydrogen-bond donors (Lipinski definition) is 1. The van der Waals surface area contributed by atoms with E-state index in [1.165, 1.54) is 29.7 Å². The standard InChI is InChI=1S/C23H28N4O2S/c1-2-29-21(28)11-18-16-4-3-5-17(18)14-27(13-16)12-15-6-7-20-19(10-15)26-22-23(30-20)25-9-8-24-22/h6-10,16-18H,2-5,11-14H2,1H3,(H,24,26). The van der Waals surface area contributed by atoms with Crippen molar-refractivity contribution in [2.45, 2.75) is 49.1 Å². The molecule has 2 atom stereocenters. The largest absolute Gasteiger partial charge is 0.466 e. The van der Waals surface area contributed by atoms with Crippen LogP contribution in [0.15, 0.2) is 40.5 Å². The van der Waals surface area contributed by atoms with E-state index < -0.39 is 0 Å². The second-order valence-corrected chi connectivity index (χ2v) is 9.62. The van der Waals surface area contributed by atoms with E-state index in [1.54, 1.807) is 24.2 Å². The zero-order chi connectivity index (χ0) is 20.5. The van der Waals surface area contributed by atoms with Crippen molar-refractivity contribution in [3.8, 4) is 0 Å². The normalized spacial score (nSPS) is 25.0. The lowest BCUT2D eigenvalue weighted by Crippen LogP contribution is -2.48. The summed E-state index contributed by atoms with van der Waals surface area (Å²) in [5.41, 5.74) is 2.43. The van der Waals surface area contributed by atoms with Crippen molar-refractivity contribution in [1.29, 1.82) is 0 Å². The number of aromatic nitrogens is 2. The first-order valence-corrected chi connectivity index (χ1v) is 11.8. The monoisotopic (exact) mass is 424 g/mol. The Hall–Kier alpha value is -2.12. The smallest absolute Gasteiger partial charge is 0.306 e. The number of anilines is 2. The number of piperidine rings is 1. The Kier molecular flexibility index (Phi) is 5.65. The number of carbonyl (C=O) groups excluding carboxylic acids is 1. The van der Waals surface area contributed by atoms with Gasteiger partial charge in [0.2, 0.25) is 0 Å². The average Bonchev–Trinajstić information content (AvgIpc) is 2.73. The summed E-state index contributed by atoms with van der Waals surface area (Å²) >= 11 is 1.67. The van der Waals surface area contributed by atoms with Gasteiger partial charge in [-0.15, -0.1) is 0 Å². The van der Waals surface area contributed by atoms with Gasteiger partial charge in [0.15, 0.2) is 5.82 Å². The number of carbonyl (C=O) groups is 1. The van der Waals surface area contributed by atoms with Gasteiger partial charge in [0.05, 0.1) is 12.3 Å². The Morgan fingerprint density at radius 3 is 2.83 bits per heavy atom. The van der Waals surface area contributed by atoms with Gasteiger partial charge >= 0.3 is 5.97 Å². The van der Waals surface area contributed by atoms with Crippen molar-refractivity contribution >= 4 is 29.2 Å². The second kappa shape index (κ2) is 8.55. The molecule has 0 spiro atoms. The molecule has 1 aromatic heterocycles. The highest BCUT2D eigenvalue weighted by Crippen LogP contribution is 2.44. The van der Waals surface area contributed by atoms with Crippen LogP contribution in [0.1, 0.15) is 38.2 Å². The number of nitrogens with zero attached hydrogens (tertiary/aromatic N) is 3. The first-order valence-electron chi connectivity index (χ1n) is 11.0. The van der Waals surface area contributed by atoms with Crippen LogP contribution in [0.4, 0.5) is 11.5 Å². The van der Waals surface area contributed by atoms with Crippen LogP contribution in [-0.4, -0.2) is 40.5 Å². The summed E-state index contributed by atoms with van der Waals surface area (Å²) in [6, 6.07) is 6.67. The predicted molar refractivity (Wildman–Crippen MR) is 117 cm³/mol. The Balaban J connectivity index is 1.26. The van der Waals surface area contributed by atoms with Gasteiger partial charge < -0.3 is 10.1 Å². The van der Waals surface area contributed by atoms with Crippen LogP contribution in [0.25, 0.3) is 0 Å². The Labute approximate surface area is 181 Å². The van der Waals surface area contributed by atoms with E-state index in [-0.39, 0.29) is 5.97 Å². The summed E-state index contributed by atoms with van der Waals surface area (Å²) in [4.78, 5) is 24.7. The maximum absolute atomic E-state index is 12.1. The van der Waals surface area contributed by atoms with E-state index in [9.17, 15) is 4.79 Å². The maximum Gasteiger partial charge on any atom is 0.306 e. The lowest BCUT2D eigenvalue weighted by Gasteiger charge is -2.47. The number of benzene rings is 1. The molecule has 6 nitrogen and oxygen atoms in total. The van der Waals surface area contributed by atoms with E-state index in [1.807, 2.05) is 6.92 Å². The first-order chi connectivity index (χ1) is 14.7. The molecule has 1 saturated heterocycles. The van der Waals surface area contributed by atoms with Gasteiger partial charge in [-0.25, -0.2) is 9.97 Å². The van der Waals surface area contributed by atoms with Crippen LogP contribution in [0.5, 0.6) is 0 Å². The Bertz CT molecular complexity index is 923. The number of ether oxygens (including phenoxy) is 1. The summed E-state index contributed by atoms with van der Waals surface area (Å²) in [7, 11) is 0. The molecule has 2 bridgehead atoms. The minimum atomic E-state index is -0.0190. The van der Waals surface area contributed by atoms with Gasteiger partial charge in [-0.05, 0) is 55.2 Å². The molecule has 2 unspecified atom stereocenters. The van der Waals surface area contributed by atoms with Crippen molar-refractivity contribution in [3.05, 3.63) is 36.2 Å². The number of nitrogens with one attached hydrogen (secondary N) is 1. The zero-order valence-electron chi connectivity index (χ0n) is 17.3. The molecule has 30 heavy (non-hydrogen) atoms. The van der Waals surface area contributed by atoms with Crippen LogP contribution in [0.3, 0.4) is 0 Å². The third-order valence-corrected chi connectivity index (χ3v) is 7.70. The highest BCUT2D eigenvalue weighted by Gasteiger charge is 2.40. The molecule has 2 fully saturated rings. The zero-order valence-corrected chi connectivity index (χ0v) is 18.2. The van der Waals surface area contributed by atoms with Crippen molar-refractivity contribution in [1.82, 2.24) is 14.9 Å². The average molecular weight is 425 g/mol. The summed E-state index contributed by atoms with van der Waals surface area (Å²) in [5, 5.41) is 4.36. The first kappa shape index (κ1) is 19.8. The van der Waals surface area contributed by atoms with Crippen molar-refractivity contribution < 1.29 is 9.53 Å². The molecule has 0 amide bonds. The van der Waals surface area contributed by atoms with E-state index >= 15 is 0 Å². The summed E-state index contributed by atoms with van der Waals surface area (Å²) in [6.07, 6.45) is 7.81. The molecule has 2 aromatic rings. The van der Waals surface area contributed by atoms with Gasteiger partial charge in [0.1, 0.15) is 5.03 Å². The highest BCUT2D eigenvalue weighted by atomic mass is 32.2. The fourth-order valence-electron chi connectivity index (χ4n) is 5.36. The fraction of sp³-hybridized carbons (Fsp3) is 0.522. The maximum atomic E-state index is 12.1. The summed E-state index contributed by atoms with van der Waals surface area (Å²) in [5.74, 6) is 2.52. The SMILES string of the molecule is CCOC(=O)CC1C2CCCC1CN(Cc1ccc3c(c1)Nc1nccnc1S3)C2. The van der Waals surface area contributed by atoms with Crippen LogP contribution < -0.4 is 5.32 Å². The Morgan fingerprint density at radius 1 is 1.23 bits per heavy atom. The molecule has 7 heteroatoms. The van der Waals surface area contributed by atoms with E-state index in [0.717, 1.165) is 36.2 Å². The van der Waals surface area contributed by atoms with E-state index in [2.05, 4.69) is 38.4 Å². The predicted octanol–water partition coefficient (Wildman–Crippen LogP) is 4.49. The molecule has 3 heterocycles. The molecule has 1 saturated carbocycles. The lowest BCUT2D eigenvalue weighted by molar-refractivity contribution is -0.146. The molecular formula is C23H28N4O2S. The van der Waals surface area contributed by atoms with Gasteiger partial charge in [-0.3, -0.25) is 9.69 Å². The second-order valence-electron chi connectivity index (χ2n) is 8.59. The molecule has 1 aromatic carbocycles. The van der Waals surface area contributed by atoms with Crippen LogP contribution in [-0.2, 0) is 16.1 Å². The number of fused-ring (bicyclic) bond motifs is 4. The highest BCUT2D eigenvalue weighted by molar-refractivity contribution is 7.99. The van der Waals surface area contributed by atoms with Gasteiger partial charge in [0, 0.05) is 43.3 Å². The third kappa shape index (κ3) is 4.05. The van der Waals surface area contributed by atoms with Gasteiger partial charge in [-0.2, -0.15) is 0 Å². The van der Waals surface area contributed by atoms with Crippen molar-refractivity contribution in [3.63, 3.8) is 0 Å². The minimum Gasteiger partial charge on any atom is -0.466 e. The summed E-state index contributed by atoms with van der Waals surface area (Å²) < 4.78 is 5.24.